The van der Waals surface area contributed by atoms with Crippen molar-refractivity contribution < 1.29 is 29.0 Å². The number of esters is 1. The SMILES string of the molecule is C=CCCC[C@H](Cc1ccccc1)C(=O)OC[C@H](Cc1ccccc1)NC(=O)[C@H](CC=C)CC(=O)NCCOCCO. The third-order valence-corrected chi connectivity index (χ3v) is 6.78. The highest BCUT2D eigenvalue weighted by molar-refractivity contribution is 5.86. The van der Waals surface area contributed by atoms with Crippen LogP contribution in [0.3, 0.4) is 0 Å². The number of aliphatic hydroxyl groups is 1. The first-order chi connectivity index (χ1) is 20.5. The largest absolute Gasteiger partial charge is 0.463 e. The Hall–Kier alpha value is -3.75. The molecule has 0 heterocycles. The third-order valence-electron chi connectivity index (χ3n) is 6.78. The zero-order chi connectivity index (χ0) is 30.4. The van der Waals surface area contributed by atoms with Gasteiger partial charge in [0.1, 0.15) is 6.61 Å². The summed E-state index contributed by atoms with van der Waals surface area (Å²) in [6.07, 6.45) is 7.14. The van der Waals surface area contributed by atoms with E-state index in [9.17, 15) is 14.4 Å². The van der Waals surface area contributed by atoms with E-state index in [1.165, 1.54) is 0 Å². The maximum atomic E-state index is 13.3. The molecule has 3 atom stereocenters. The Morgan fingerprint density at radius 3 is 2.17 bits per heavy atom. The Bertz CT molecular complexity index is 1080. The molecule has 8 heteroatoms. The van der Waals surface area contributed by atoms with Crippen LogP contribution in [0.2, 0.25) is 0 Å². The van der Waals surface area contributed by atoms with Crippen molar-refractivity contribution >= 4 is 17.8 Å². The van der Waals surface area contributed by atoms with Gasteiger partial charge in [-0.3, -0.25) is 14.4 Å². The van der Waals surface area contributed by atoms with Crippen molar-refractivity contribution in [2.24, 2.45) is 11.8 Å². The van der Waals surface area contributed by atoms with Crippen LogP contribution in [0.5, 0.6) is 0 Å². The van der Waals surface area contributed by atoms with Crippen molar-refractivity contribution in [3.63, 3.8) is 0 Å². The first-order valence-corrected chi connectivity index (χ1v) is 14.7. The molecule has 228 valence electrons. The number of benzene rings is 2. The molecule has 0 aromatic heterocycles. The topological polar surface area (TPSA) is 114 Å². The second kappa shape index (κ2) is 21.0. The molecule has 0 fully saturated rings. The van der Waals surface area contributed by atoms with Gasteiger partial charge in [-0.2, -0.15) is 0 Å². The van der Waals surface area contributed by atoms with E-state index in [-0.39, 0.29) is 63.1 Å². The van der Waals surface area contributed by atoms with E-state index < -0.39 is 12.0 Å². The predicted octanol–water partition coefficient (Wildman–Crippen LogP) is 4.18. The standard InChI is InChI=1S/C34H46N2O6/c1-3-5-8-18-30(23-27-14-9-6-10-15-27)34(40)42-26-31(24-28-16-11-7-12-17-28)36-33(39)29(13-4-2)25-32(38)35-19-21-41-22-20-37/h3-4,6-7,9-12,14-17,29-31,37H,1-2,5,8,13,18-26H2,(H,35,38)(H,36,39)/t29-,30-,31+/m1/s1. The number of hydrogen-bond acceptors (Lipinski definition) is 6. The molecule has 2 amide bonds. The number of hydrogen-bond donors (Lipinski definition) is 3. The fraction of sp³-hybridized carbons (Fsp3) is 0.441. The highest BCUT2D eigenvalue weighted by atomic mass is 16.5. The second-order valence-electron chi connectivity index (χ2n) is 10.2. The predicted molar refractivity (Wildman–Crippen MR) is 165 cm³/mol. The lowest BCUT2D eigenvalue weighted by atomic mass is 9.94. The van der Waals surface area contributed by atoms with E-state index in [0.29, 0.717) is 25.7 Å². The van der Waals surface area contributed by atoms with Gasteiger partial charge in [-0.05, 0) is 49.7 Å². The van der Waals surface area contributed by atoms with Crippen LogP contribution in [-0.2, 0) is 36.7 Å². The van der Waals surface area contributed by atoms with Gasteiger partial charge < -0.3 is 25.2 Å². The lowest BCUT2D eigenvalue weighted by molar-refractivity contribution is -0.150. The van der Waals surface area contributed by atoms with Gasteiger partial charge in [0, 0.05) is 13.0 Å². The molecule has 2 rings (SSSR count). The number of ether oxygens (including phenoxy) is 2. The van der Waals surface area contributed by atoms with Crippen LogP contribution in [-0.4, -0.2) is 61.9 Å². The van der Waals surface area contributed by atoms with Crippen LogP contribution in [0, 0.1) is 11.8 Å². The molecule has 2 aromatic rings. The van der Waals surface area contributed by atoms with E-state index in [1.807, 2.05) is 66.7 Å². The van der Waals surface area contributed by atoms with E-state index >= 15 is 0 Å². The summed E-state index contributed by atoms with van der Waals surface area (Å²) in [6, 6.07) is 19.1. The molecule has 0 saturated heterocycles. The van der Waals surface area contributed by atoms with Crippen LogP contribution < -0.4 is 10.6 Å². The number of rotatable bonds is 22. The van der Waals surface area contributed by atoms with E-state index in [1.54, 1.807) is 6.08 Å². The molecule has 0 aliphatic carbocycles. The molecule has 3 N–H and O–H groups in total. The van der Waals surface area contributed by atoms with Crippen molar-refractivity contribution in [2.45, 2.75) is 51.0 Å². The Balaban J connectivity index is 2.06. The summed E-state index contributed by atoms with van der Waals surface area (Å²) in [5.41, 5.74) is 2.06. The molecule has 0 spiro atoms. The van der Waals surface area contributed by atoms with Crippen LogP contribution in [0.1, 0.15) is 43.2 Å². The van der Waals surface area contributed by atoms with Crippen LogP contribution in [0.15, 0.2) is 86.0 Å². The van der Waals surface area contributed by atoms with Gasteiger partial charge in [-0.25, -0.2) is 0 Å². The van der Waals surface area contributed by atoms with E-state index in [2.05, 4.69) is 23.8 Å². The maximum Gasteiger partial charge on any atom is 0.309 e. The van der Waals surface area contributed by atoms with Gasteiger partial charge >= 0.3 is 5.97 Å². The number of unbranched alkanes of at least 4 members (excludes halogenated alkanes) is 1. The van der Waals surface area contributed by atoms with E-state index in [4.69, 9.17) is 14.6 Å². The van der Waals surface area contributed by atoms with Gasteiger partial charge in [-0.15, -0.1) is 13.2 Å². The number of aliphatic hydroxyl groups excluding tert-OH is 1. The highest BCUT2D eigenvalue weighted by Gasteiger charge is 2.26. The summed E-state index contributed by atoms with van der Waals surface area (Å²) >= 11 is 0. The minimum atomic E-state index is -0.625. The minimum Gasteiger partial charge on any atom is -0.463 e. The van der Waals surface area contributed by atoms with Gasteiger partial charge in [0.2, 0.25) is 11.8 Å². The van der Waals surface area contributed by atoms with Crippen molar-refractivity contribution in [2.75, 3.05) is 33.0 Å². The molecule has 0 radical (unpaired) electrons. The Labute approximate surface area is 250 Å². The maximum absolute atomic E-state index is 13.3. The van der Waals surface area contributed by atoms with Crippen molar-refractivity contribution in [1.82, 2.24) is 10.6 Å². The summed E-state index contributed by atoms with van der Waals surface area (Å²) in [6.45, 7) is 8.21. The summed E-state index contributed by atoms with van der Waals surface area (Å²) in [5, 5.41) is 14.5. The Morgan fingerprint density at radius 1 is 0.881 bits per heavy atom. The normalized spacial score (nSPS) is 12.9. The second-order valence-corrected chi connectivity index (χ2v) is 10.2. The molecular formula is C34H46N2O6. The number of amides is 2. The first kappa shape index (κ1) is 34.5. The molecule has 0 aliphatic heterocycles. The Morgan fingerprint density at radius 2 is 1.55 bits per heavy atom. The molecule has 0 saturated carbocycles. The number of nitrogens with one attached hydrogen (secondary N) is 2. The summed E-state index contributed by atoms with van der Waals surface area (Å²) in [4.78, 5) is 39.1. The molecule has 2 aromatic carbocycles. The lowest BCUT2D eigenvalue weighted by Gasteiger charge is -2.24. The summed E-state index contributed by atoms with van der Waals surface area (Å²) < 4.78 is 11.0. The van der Waals surface area contributed by atoms with Crippen LogP contribution >= 0.6 is 0 Å². The zero-order valence-electron chi connectivity index (χ0n) is 24.5. The minimum absolute atomic E-state index is 0.0153. The quantitative estimate of drug-likeness (QED) is 0.110. The van der Waals surface area contributed by atoms with Crippen LogP contribution in [0.25, 0.3) is 0 Å². The number of carbonyl (C=O) groups excluding carboxylic acids is 3. The number of carbonyl (C=O) groups is 3. The number of allylic oxidation sites excluding steroid dienone is 2. The summed E-state index contributed by atoms with van der Waals surface area (Å²) in [7, 11) is 0. The van der Waals surface area contributed by atoms with Gasteiger partial charge in [0.15, 0.2) is 0 Å². The monoisotopic (exact) mass is 578 g/mol. The fourth-order valence-electron chi connectivity index (χ4n) is 4.59. The van der Waals surface area contributed by atoms with Gasteiger partial charge in [0.25, 0.3) is 0 Å². The average Bonchev–Trinajstić information content (AvgIpc) is 3.00. The van der Waals surface area contributed by atoms with Crippen LogP contribution in [0.4, 0.5) is 0 Å². The fourth-order valence-corrected chi connectivity index (χ4v) is 4.59. The molecule has 0 bridgehead atoms. The van der Waals surface area contributed by atoms with Crippen molar-refractivity contribution in [1.29, 1.82) is 0 Å². The highest BCUT2D eigenvalue weighted by Crippen LogP contribution is 2.18. The van der Waals surface area contributed by atoms with Gasteiger partial charge in [-0.1, -0.05) is 72.8 Å². The molecule has 42 heavy (non-hydrogen) atoms. The smallest absolute Gasteiger partial charge is 0.309 e. The zero-order valence-corrected chi connectivity index (χ0v) is 24.5. The van der Waals surface area contributed by atoms with E-state index in [0.717, 1.165) is 24.0 Å². The molecule has 0 unspecified atom stereocenters. The Kier molecular flexibility index (Phi) is 17.2. The van der Waals surface area contributed by atoms with Crippen molar-refractivity contribution in [3.8, 4) is 0 Å². The third kappa shape index (κ3) is 14.2. The van der Waals surface area contributed by atoms with Crippen molar-refractivity contribution in [3.05, 3.63) is 97.1 Å². The molecule has 8 nitrogen and oxygen atoms in total. The van der Waals surface area contributed by atoms with Gasteiger partial charge in [0.05, 0.1) is 37.7 Å². The average molecular weight is 579 g/mol. The summed E-state index contributed by atoms with van der Waals surface area (Å²) in [5.74, 6) is -1.80. The first-order valence-electron chi connectivity index (χ1n) is 14.7. The lowest BCUT2D eigenvalue weighted by Crippen LogP contribution is -2.44. The molecule has 0 aliphatic rings. The molecular weight excluding hydrogens is 532 g/mol.